The summed E-state index contributed by atoms with van der Waals surface area (Å²) in [6, 6.07) is 0. The lowest BCUT2D eigenvalue weighted by Gasteiger charge is -2.36. The summed E-state index contributed by atoms with van der Waals surface area (Å²) < 4.78 is 17.6. The molecule has 0 saturated heterocycles. The lowest BCUT2D eigenvalue weighted by molar-refractivity contribution is -0.287. The van der Waals surface area contributed by atoms with E-state index >= 15 is 0 Å². The number of hydrogen-bond donors (Lipinski definition) is 1. The number of hydrogen-bond acceptors (Lipinski definition) is 4. The monoisotopic (exact) mass is 458 g/mol. The molecule has 0 aromatic carbocycles. The fraction of sp³-hybridized carbons (Fsp3) is 0.963. The van der Waals surface area contributed by atoms with E-state index in [4.69, 9.17) is 14.2 Å². The number of carboxylic acid groups (broad SMARTS) is 1. The summed E-state index contributed by atoms with van der Waals surface area (Å²) >= 11 is 0. The van der Waals surface area contributed by atoms with E-state index in [2.05, 4.69) is 6.92 Å². The Balaban J connectivity index is 4.36. The van der Waals surface area contributed by atoms with Crippen molar-refractivity contribution in [3.63, 3.8) is 0 Å². The highest BCUT2D eigenvalue weighted by atomic mass is 16.7. The van der Waals surface area contributed by atoms with Crippen LogP contribution in [-0.4, -0.2) is 42.8 Å². The van der Waals surface area contributed by atoms with Crippen molar-refractivity contribution < 1.29 is 24.1 Å². The molecule has 0 fully saturated rings. The van der Waals surface area contributed by atoms with E-state index in [0.717, 1.165) is 32.1 Å². The van der Waals surface area contributed by atoms with E-state index in [1.54, 1.807) is 0 Å². The largest absolute Gasteiger partial charge is 0.477 e. The van der Waals surface area contributed by atoms with E-state index in [-0.39, 0.29) is 0 Å². The third kappa shape index (κ3) is 14.5. The third-order valence-electron chi connectivity index (χ3n) is 5.86. The van der Waals surface area contributed by atoms with Crippen LogP contribution in [-0.2, 0) is 19.0 Å². The van der Waals surface area contributed by atoms with Gasteiger partial charge in [0.05, 0.1) is 13.2 Å². The van der Waals surface area contributed by atoms with Crippen molar-refractivity contribution in [3.05, 3.63) is 0 Å². The summed E-state index contributed by atoms with van der Waals surface area (Å²) in [4.78, 5) is 12.2. The first-order valence-electron chi connectivity index (χ1n) is 13.7. The Kier molecular flexibility index (Phi) is 21.7. The molecule has 0 aliphatic heterocycles. The summed E-state index contributed by atoms with van der Waals surface area (Å²) in [6.45, 7) is 9.46. The molecule has 32 heavy (non-hydrogen) atoms. The number of unbranched alkanes of at least 4 members (excludes halogenated alkanes) is 12. The lowest BCUT2D eigenvalue weighted by atomic mass is 10.00. The maximum absolute atomic E-state index is 12.2. The Bertz CT molecular complexity index is 405. The second-order valence-electron chi connectivity index (χ2n) is 9.06. The number of rotatable bonds is 25. The second-order valence-corrected chi connectivity index (χ2v) is 9.06. The Morgan fingerprint density at radius 1 is 0.625 bits per heavy atom. The van der Waals surface area contributed by atoms with Gasteiger partial charge in [-0.2, -0.15) is 0 Å². The van der Waals surface area contributed by atoms with Crippen molar-refractivity contribution in [2.45, 2.75) is 149 Å². The molecular formula is C27H54O5. The van der Waals surface area contributed by atoms with Gasteiger partial charge in [0.2, 0.25) is 0 Å². The maximum atomic E-state index is 12.2. The van der Waals surface area contributed by atoms with Crippen LogP contribution in [0.4, 0.5) is 0 Å². The van der Waals surface area contributed by atoms with E-state index in [1.807, 2.05) is 20.8 Å². The van der Waals surface area contributed by atoms with Crippen LogP contribution in [0.5, 0.6) is 0 Å². The standard InChI is InChI=1S/C27H54O5/c1-5-9-10-11-12-13-14-15-16-17-18-19-20-21-25(30-22-6-2)27(26(28)29,31-23-7-3)32-24-8-4/h25H,5-24H2,1-4H3,(H,28,29). The van der Waals surface area contributed by atoms with Crippen LogP contribution >= 0.6 is 0 Å². The van der Waals surface area contributed by atoms with Gasteiger partial charge in [-0.05, 0) is 25.7 Å². The van der Waals surface area contributed by atoms with Crippen LogP contribution in [0.3, 0.4) is 0 Å². The fourth-order valence-electron chi connectivity index (χ4n) is 3.99. The van der Waals surface area contributed by atoms with E-state index in [0.29, 0.717) is 26.2 Å². The van der Waals surface area contributed by atoms with Crippen LogP contribution in [0.2, 0.25) is 0 Å². The van der Waals surface area contributed by atoms with Crippen molar-refractivity contribution in [2.75, 3.05) is 19.8 Å². The summed E-state index contributed by atoms with van der Waals surface area (Å²) in [5, 5.41) is 10.0. The Labute approximate surface area is 199 Å². The quantitative estimate of drug-likeness (QED) is 0.111. The Hall–Kier alpha value is -0.650. The first kappa shape index (κ1) is 31.4. The van der Waals surface area contributed by atoms with Crippen LogP contribution in [0.1, 0.15) is 137 Å². The molecule has 0 aliphatic carbocycles. The van der Waals surface area contributed by atoms with E-state index in [1.165, 1.54) is 70.6 Å². The Morgan fingerprint density at radius 3 is 1.41 bits per heavy atom. The molecule has 0 rings (SSSR count). The number of carboxylic acids is 1. The minimum atomic E-state index is -1.70. The zero-order valence-corrected chi connectivity index (χ0v) is 21.8. The maximum Gasteiger partial charge on any atom is 0.367 e. The zero-order valence-electron chi connectivity index (χ0n) is 21.8. The van der Waals surface area contributed by atoms with E-state index in [9.17, 15) is 9.90 Å². The Morgan fingerprint density at radius 2 is 1.03 bits per heavy atom. The molecule has 192 valence electrons. The van der Waals surface area contributed by atoms with Crippen LogP contribution in [0, 0.1) is 0 Å². The molecule has 5 heteroatoms. The van der Waals surface area contributed by atoms with Crippen LogP contribution in [0.15, 0.2) is 0 Å². The predicted molar refractivity (Wildman–Crippen MR) is 133 cm³/mol. The highest BCUT2D eigenvalue weighted by Crippen LogP contribution is 2.28. The molecule has 0 aliphatic rings. The zero-order chi connectivity index (χ0) is 23.9. The van der Waals surface area contributed by atoms with Gasteiger partial charge >= 0.3 is 5.97 Å². The molecule has 0 heterocycles. The van der Waals surface area contributed by atoms with Gasteiger partial charge in [-0.25, -0.2) is 4.79 Å². The third-order valence-corrected chi connectivity index (χ3v) is 5.86. The highest BCUT2D eigenvalue weighted by molar-refractivity contribution is 5.76. The second kappa shape index (κ2) is 22.2. The van der Waals surface area contributed by atoms with Gasteiger partial charge in [0, 0.05) is 6.61 Å². The normalized spacial score (nSPS) is 12.9. The number of ether oxygens (including phenoxy) is 3. The molecule has 0 radical (unpaired) electrons. The molecule has 1 N–H and O–H groups in total. The molecule has 0 amide bonds. The molecule has 0 aromatic rings. The summed E-state index contributed by atoms with van der Waals surface area (Å²) in [6.07, 6.45) is 19.2. The van der Waals surface area contributed by atoms with Gasteiger partial charge in [0.15, 0.2) is 0 Å². The molecule has 0 aromatic heterocycles. The van der Waals surface area contributed by atoms with Crippen molar-refractivity contribution in [1.82, 2.24) is 0 Å². The van der Waals surface area contributed by atoms with Crippen molar-refractivity contribution in [2.24, 2.45) is 0 Å². The molecule has 0 saturated carbocycles. The topological polar surface area (TPSA) is 65.0 Å². The summed E-state index contributed by atoms with van der Waals surface area (Å²) in [5.74, 6) is -2.77. The minimum absolute atomic E-state index is 0.348. The first-order chi connectivity index (χ1) is 15.6. The number of aliphatic carboxylic acids is 1. The molecule has 1 atom stereocenters. The van der Waals surface area contributed by atoms with Crippen LogP contribution in [0.25, 0.3) is 0 Å². The van der Waals surface area contributed by atoms with Gasteiger partial charge in [-0.15, -0.1) is 0 Å². The smallest absolute Gasteiger partial charge is 0.367 e. The SMILES string of the molecule is CCCCCCCCCCCCCCCC(OCCC)C(OCCC)(OCCC)C(=O)O. The van der Waals surface area contributed by atoms with Gasteiger partial charge in [-0.1, -0.05) is 111 Å². The van der Waals surface area contributed by atoms with Crippen molar-refractivity contribution >= 4 is 5.97 Å². The van der Waals surface area contributed by atoms with Crippen molar-refractivity contribution in [1.29, 1.82) is 0 Å². The summed E-state index contributed by atoms with van der Waals surface area (Å²) in [7, 11) is 0. The predicted octanol–water partition coefficient (Wildman–Crippen LogP) is 7.90. The average molecular weight is 459 g/mol. The fourth-order valence-corrected chi connectivity index (χ4v) is 3.99. The lowest BCUT2D eigenvalue weighted by Crippen LogP contribution is -2.55. The minimum Gasteiger partial charge on any atom is -0.477 e. The summed E-state index contributed by atoms with van der Waals surface area (Å²) in [5.41, 5.74) is 0. The van der Waals surface area contributed by atoms with Gasteiger partial charge < -0.3 is 19.3 Å². The highest BCUT2D eigenvalue weighted by Gasteiger charge is 2.49. The molecule has 1 unspecified atom stereocenters. The average Bonchev–Trinajstić information content (AvgIpc) is 2.79. The molecule has 5 nitrogen and oxygen atoms in total. The van der Waals surface area contributed by atoms with E-state index < -0.39 is 17.9 Å². The van der Waals surface area contributed by atoms with Crippen LogP contribution < -0.4 is 0 Å². The first-order valence-corrected chi connectivity index (χ1v) is 13.7. The number of carbonyl (C=O) groups is 1. The molecular weight excluding hydrogens is 404 g/mol. The van der Waals surface area contributed by atoms with Gasteiger partial charge in [0.1, 0.15) is 6.10 Å². The van der Waals surface area contributed by atoms with Crippen molar-refractivity contribution in [3.8, 4) is 0 Å². The van der Waals surface area contributed by atoms with Gasteiger partial charge in [-0.3, -0.25) is 0 Å². The molecule has 0 bridgehead atoms. The molecule has 0 spiro atoms. The van der Waals surface area contributed by atoms with Gasteiger partial charge in [0.25, 0.3) is 5.79 Å².